The van der Waals surface area contributed by atoms with Gasteiger partial charge in [-0.05, 0) is 63.5 Å². The number of rotatable bonds is 5. The van der Waals surface area contributed by atoms with Crippen LogP contribution in [0, 0.1) is 11.8 Å². The number of hydrogen-bond acceptors (Lipinski definition) is 2. The average Bonchev–Trinajstić information content (AvgIpc) is 2.71. The van der Waals surface area contributed by atoms with E-state index in [9.17, 15) is 4.79 Å². The number of carbonyl (C=O) groups excluding carboxylic acids is 1. The van der Waals surface area contributed by atoms with Crippen LogP contribution >= 0.6 is 12.4 Å². The largest absolute Gasteiger partial charge is 0.340 e. The Morgan fingerprint density at radius 2 is 1.86 bits per heavy atom. The third-order valence-corrected chi connectivity index (χ3v) is 5.17. The van der Waals surface area contributed by atoms with Crippen molar-refractivity contribution in [2.45, 2.75) is 77.7 Å². The van der Waals surface area contributed by atoms with Gasteiger partial charge in [-0.1, -0.05) is 26.7 Å². The first kappa shape index (κ1) is 19.8. The Morgan fingerprint density at radius 3 is 2.55 bits per heavy atom. The van der Waals surface area contributed by atoms with Gasteiger partial charge in [0.05, 0.1) is 0 Å². The van der Waals surface area contributed by atoms with Crippen LogP contribution in [0.4, 0.5) is 0 Å². The van der Waals surface area contributed by atoms with Gasteiger partial charge in [0.25, 0.3) is 0 Å². The van der Waals surface area contributed by atoms with Crippen molar-refractivity contribution in [1.82, 2.24) is 10.2 Å². The minimum atomic E-state index is 0. The highest BCUT2D eigenvalue weighted by Gasteiger charge is 2.26. The summed E-state index contributed by atoms with van der Waals surface area (Å²) in [6.45, 7) is 7.84. The number of halogens is 1. The summed E-state index contributed by atoms with van der Waals surface area (Å²) in [4.78, 5) is 14.9. The molecule has 2 rings (SSSR count). The molecule has 1 atom stereocenters. The predicted octanol–water partition coefficient (Wildman–Crippen LogP) is 4.01. The van der Waals surface area contributed by atoms with Gasteiger partial charge in [0.2, 0.25) is 5.91 Å². The van der Waals surface area contributed by atoms with Gasteiger partial charge in [0, 0.05) is 19.0 Å². The maximum atomic E-state index is 12.7. The van der Waals surface area contributed by atoms with Crippen molar-refractivity contribution in [2.75, 3.05) is 19.6 Å². The number of likely N-dealkylation sites (tertiary alicyclic amines) is 1. The van der Waals surface area contributed by atoms with Gasteiger partial charge in [-0.15, -0.1) is 12.4 Å². The van der Waals surface area contributed by atoms with Crippen molar-refractivity contribution in [1.29, 1.82) is 0 Å². The fourth-order valence-corrected chi connectivity index (χ4v) is 3.94. The molecule has 22 heavy (non-hydrogen) atoms. The number of carbonyl (C=O) groups is 1. The summed E-state index contributed by atoms with van der Waals surface area (Å²) in [7, 11) is 0. The van der Waals surface area contributed by atoms with E-state index in [0.29, 0.717) is 17.9 Å². The zero-order chi connectivity index (χ0) is 15.1. The van der Waals surface area contributed by atoms with Crippen molar-refractivity contribution in [3.8, 4) is 0 Å². The topological polar surface area (TPSA) is 32.3 Å². The molecule has 0 bridgehead atoms. The zero-order valence-electron chi connectivity index (χ0n) is 14.5. The van der Waals surface area contributed by atoms with Gasteiger partial charge in [0.1, 0.15) is 0 Å². The number of hydrogen-bond donors (Lipinski definition) is 1. The molecule has 1 unspecified atom stereocenters. The minimum Gasteiger partial charge on any atom is -0.340 e. The highest BCUT2D eigenvalue weighted by atomic mass is 35.5. The Balaban J connectivity index is 0.00000242. The zero-order valence-corrected chi connectivity index (χ0v) is 15.3. The molecule has 0 aromatic rings. The third kappa shape index (κ3) is 6.45. The lowest BCUT2D eigenvalue weighted by molar-refractivity contribution is -0.134. The Hall–Kier alpha value is -0.280. The molecule has 0 saturated carbocycles. The van der Waals surface area contributed by atoms with Gasteiger partial charge in [0.15, 0.2) is 0 Å². The van der Waals surface area contributed by atoms with E-state index in [2.05, 4.69) is 24.1 Å². The fraction of sp³-hybridized carbons (Fsp3) is 0.944. The van der Waals surface area contributed by atoms with Crippen molar-refractivity contribution < 1.29 is 4.79 Å². The van der Waals surface area contributed by atoms with Crippen molar-refractivity contribution in [2.24, 2.45) is 11.8 Å². The molecular weight excluding hydrogens is 296 g/mol. The minimum absolute atomic E-state index is 0. The molecule has 130 valence electrons. The molecular formula is C18H35ClN2O. The molecule has 0 aromatic carbocycles. The van der Waals surface area contributed by atoms with E-state index in [1.807, 2.05) is 0 Å². The van der Waals surface area contributed by atoms with Crippen molar-refractivity contribution >= 4 is 18.3 Å². The molecule has 1 N–H and O–H groups in total. The highest BCUT2D eigenvalue weighted by Crippen LogP contribution is 2.25. The third-order valence-electron chi connectivity index (χ3n) is 5.17. The lowest BCUT2D eigenvalue weighted by Gasteiger charge is -2.32. The van der Waals surface area contributed by atoms with Crippen LogP contribution in [0.1, 0.15) is 71.6 Å². The summed E-state index contributed by atoms with van der Waals surface area (Å²) in [5.41, 5.74) is 0. The van der Waals surface area contributed by atoms with E-state index in [-0.39, 0.29) is 12.4 Å². The summed E-state index contributed by atoms with van der Waals surface area (Å²) >= 11 is 0. The Labute approximate surface area is 143 Å². The SMILES string of the molecule is CC(C)CC1CCCCCN1C(=O)CCC1CCNCC1.Cl. The predicted molar refractivity (Wildman–Crippen MR) is 95.5 cm³/mol. The molecule has 4 heteroatoms. The number of piperidine rings is 1. The second-order valence-electron chi connectivity index (χ2n) is 7.45. The summed E-state index contributed by atoms with van der Waals surface area (Å²) < 4.78 is 0. The maximum Gasteiger partial charge on any atom is 0.222 e. The molecule has 2 aliphatic heterocycles. The quantitative estimate of drug-likeness (QED) is 0.826. The van der Waals surface area contributed by atoms with Crippen LogP contribution in [0.25, 0.3) is 0 Å². The highest BCUT2D eigenvalue weighted by molar-refractivity contribution is 5.85. The number of amides is 1. The van der Waals surface area contributed by atoms with Gasteiger partial charge in [-0.2, -0.15) is 0 Å². The summed E-state index contributed by atoms with van der Waals surface area (Å²) in [6, 6.07) is 0.507. The average molecular weight is 331 g/mol. The fourth-order valence-electron chi connectivity index (χ4n) is 3.94. The molecule has 0 aliphatic carbocycles. The van der Waals surface area contributed by atoms with E-state index >= 15 is 0 Å². The Morgan fingerprint density at radius 1 is 1.14 bits per heavy atom. The molecule has 2 aliphatic rings. The Bertz CT molecular complexity index is 316. The standard InChI is InChI=1S/C18H34N2O.ClH/c1-15(2)14-17-6-4-3-5-13-20(17)18(21)8-7-16-9-11-19-12-10-16;/h15-17,19H,3-14H2,1-2H3;1H. The van der Waals surface area contributed by atoms with Gasteiger partial charge in [-0.3, -0.25) is 4.79 Å². The van der Waals surface area contributed by atoms with Crippen molar-refractivity contribution in [3.63, 3.8) is 0 Å². The normalized spacial score (nSPS) is 24.0. The number of nitrogens with one attached hydrogen (secondary N) is 1. The van der Waals surface area contributed by atoms with Gasteiger partial charge < -0.3 is 10.2 Å². The molecule has 0 radical (unpaired) electrons. The molecule has 3 nitrogen and oxygen atoms in total. The summed E-state index contributed by atoms with van der Waals surface area (Å²) in [5.74, 6) is 1.89. The van der Waals surface area contributed by atoms with Crippen LogP contribution in [0.3, 0.4) is 0 Å². The molecule has 2 saturated heterocycles. The van der Waals surface area contributed by atoms with Crippen LogP contribution in [0.5, 0.6) is 0 Å². The molecule has 2 fully saturated rings. The van der Waals surface area contributed by atoms with Crippen LogP contribution in [0.15, 0.2) is 0 Å². The second-order valence-corrected chi connectivity index (χ2v) is 7.45. The number of nitrogens with zero attached hydrogens (tertiary/aromatic N) is 1. The monoisotopic (exact) mass is 330 g/mol. The summed E-state index contributed by atoms with van der Waals surface area (Å²) in [5, 5.41) is 3.41. The first-order chi connectivity index (χ1) is 10.2. The smallest absolute Gasteiger partial charge is 0.222 e. The van der Waals surface area contributed by atoms with E-state index in [4.69, 9.17) is 0 Å². The molecule has 1 amide bonds. The van der Waals surface area contributed by atoms with Crippen LogP contribution in [-0.4, -0.2) is 36.5 Å². The van der Waals surface area contributed by atoms with Gasteiger partial charge >= 0.3 is 0 Å². The second kappa shape index (κ2) is 10.5. The molecule has 0 aromatic heterocycles. The van der Waals surface area contributed by atoms with Crippen LogP contribution < -0.4 is 5.32 Å². The Kier molecular flexibility index (Phi) is 9.42. The van der Waals surface area contributed by atoms with E-state index in [1.165, 1.54) is 44.9 Å². The lowest BCUT2D eigenvalue weighted by Crippen LogP contribution is -2.41. The first-order valence-corrected chi connectivity index (χ1v) is 9.17. The van der Waals surface area contributed by atoms with Gasteiger partial charge in [-0.25, -0.2) is 0 Å². The van der Waals surface area contributed by atoms with Crippen molar-refractivity contribution in [3.05, 3.63) is 0 Å². The van der Waals surface area contributed by atoms with E-state index in [1.54, 1.807) is 0 Å². The molecule has 2 heterocycles. The summed E-state index contributed by atoms with van der Waals surface area (Å²) in [6.07, 6.45) is 10.6. The lowest BCUT2D eigenvalue weighted by atomic mass is 9.92. The van der Waals surface area contributed by atoms with Crippen LogP contribution in [0.2, 0.25) is 0 Å². The van der Waals surface area contributed by atoms with E-state index < -0.39 is 0 Å². The van der Waals surface area contributed by atoms with E-state index in [0.717, 1.165) is 38.4 Å². The van der Waals surface area contributed by atoms with Crippen LogP contribution in [-0.2, 0) is 4.79 Å². The maximum absolute atomic E-state index is 12.7. The first-order valence-electron chi connectivity index (χ1n) is 9.17. The molecule has 0 spiro atoms.